The molecule has 1 unspecified atom stereocenters. The van der Waals surface area contributed by atoms with Gasteiger partial charge in [-0.1, -0.05) is 72.4 Å². The zero-order valence-corrected chi connectivity index (χ0v) is 16.6. The van der Waals surface area contributed by atoms with E-state index in [-0.39, 0.29) is 5.25 Å². The molecular formula is C23H21N3OS. The topological polar surface area (TPSA) is 39.9 Å². The van der Waals surface area contributed by atoms with Crippen LogP contribution in [0.3, 0.4) is 0 Å². The molecule has 0 saturated heterocycles. The van der Waals surface area contributed by atoms with E-state index in [1.165, 1.54) is 5.56 Å². The number of aromatic nitrogens is 3. The lowest BCUT2D eigenvalue weighted by Crippen LogP contribution is -2.00. The van der Waals surface area contributed by atoms with Gasteiger partial charge in [0.25, 0.3) is 0 Å². The summed E-state index contributed by atoms with van der Waals surface area (Å²) in [5.41, 5.74) is 3.26. The van der Waals surface area contributed by atoms with Gasteiger partial charge in [-0.25, -0.2) is 0 Å². The van der Waals surface area contributed by atoms with Gasteiger partial charge >= 0.3 is 0 Å². The first-order valence-corrected chi connectivity index (χ1v) is 10.0. The van der Waals surface area contributed by atoms with E-state index < -0.39 is 0 Å². The first-order chi connectivity index (χ1) is 13.8. The molecule has 0 aliphatic carbocycles. The second-order valence-electron chi connectivity index (χ2n) is 6.38. The van der Waals surface area contributed by atoms with Crippen LogP contribution in [0.25, 0.3) is 17.1 Å². The molecule has 0 aliphatic heterocycles. The Hall–Kier alpha value is -3.05. The van der Waals surface area contributed by atoms with E-state index >= 15 is 0 Å². The van der Waals surface area contributed by atoms with Crippen LogP contribution in [0, 0.1) is 0 Å². The third kappa shape index (κ3) is 3.80. The highest BCUT2D eigenvalue weighted by Gasteiger charge is 2.19. The number of methoxy groups -OCH3 is 1. The normalized spacial score (nSPS) is 11.9. The number of nitrogens with zero attached hydrogens (tertiary/aromatic N) is 3. The van der Waals surface area contributed by atoms with Crippen molar-refractivity contribution >= 4 is 11.8 Å². The summed E-state index contributed by atoms with van der Waals surface area (Å²) in [6.07, 6.45) is 0. The zero-order valence-electron chi connectivity index (χ0n) is 15.8. The molecule has 1 aromatic heterocycles. The summed E-state index contributed by atoms with van der Waals surface area (Å²) >= 11 is 1.70. The van der Waals surface area contributed by atoms with Gasteiger partial charge in [-0.3, -0.25) is 4.57 Å². The predicted molar refractivity (Wildman–Crippen MR) is 114 cm³/mol. The Labute approximate surface area is 169 Å². The number of ether oxygens (including phenoxy) is 1. The number of hydrogen-bond donors (Lipinski definition) is 0. The fraction of sp³-hybridized carbons (Fsp3) is 0.130. The molecule has 140 valence electrons. The smallest absolute Gasteiger partial charge is 0.196 e. The van der Waals surface area contributed by atoms with Crippen LogP contribution in [0.5, 0.6) is 5.75 Å². The summed E-state index contributed by atoms with van der Waals surface area (Å²) in [4.78, 5) is 0. The van der Waals surface area contributed by atoms with E-state index in [1.54, 1.807) is 18.9 Å². The Balaban J connectivity index is 1.78. The summed E-state index contributed by atoms with van der Waals surface area (Å²) in [5, 5.41) is 10.2. The van der Waals surface area contributed by atoms with Gasteiger partial charge in [-0.15, -0.1) is 10.2 Å². The minimum atomic E-state index is 0.256. The largest absolute Gasteiger partial charge is 0.497 e. The maximum Gasteiger partial charge on any atom is 0.196 e. The monoisotopic (exact) mass is 387 g/mol. The van der Waals surface area contributed by atoms with E-state index in [1.807, 2.05) is 48.5 Å². The quantitative estimate of drug-likeness (QED) is 0.392. The number of benzene rings is 3. The van der Waals surface area contributed by atoms with Crippen molar-refractivity contribution in [2.45, 2.75) is 17.3 Å². The van der Waals surface area contributed by atoms with E-state index in [2.05, 4.69) is 58.1 Å². The lowest BCUT2D eigenvalue weighted by molar-refractivity contribution is 0.415. The molecule has 4 rings (SSSR count). The molecule has 0 aliphatic rings. The number of para-hydroxylation sites is 1. The molecule has 5 heteroatoms. The molecule has 4 aromatic rings. The average molecular weight is 388 g/mol. The highest BCUT2D eigenvalue weighted by atomic mass is 32.2. The van der Waals surface area contributed by atoms with Gasteiger partial charge in [-0.2, -0.15) is 0 Å². The van der Waals surface area contributed by atoms with E-state index in [0.29, 0.717) is 0 Å². The molecule has 1 atom stereocenters. The van der Waals surface area contributed by atoms with Gasteiger partial charge in [-0.05, 0) is 36.8 Å². The standard InChI is InChI=1S/C23H21N3OS/c1-17(18-10-5-3-6-11-18)28-23-25-24-22(19-12-9-15-21(16-19)27-2)26(23)20-13-7-4-8-14-20/h3-17H,1-2H3. The number of rotatable bonds is 6. The Morgan fingerprint density at radius 1 is 0.857 bits per heavy atom. The molecule has 0 bridgehead atoms. The van der Waals surface area contributed by atoms with Gasteiger partial charge in [0.15, 0.2) is 11.0 Å². The van der Waals surface area contributed by atoms with Gasteiger partial charge in [0.05, 0.1) is 7.11 Å². The molecular weight excluding hydrogens is 366 g/mol. The van der Waals surface area contributed by atoms with Crippen molar-refractivity contribution < 1.29 is 4.74 Å². The molecule has 0 amide bonds. The Morgan fingerprint density at radius 2 is 1.57 bits per heavy atom. The molecule has 1 heterocycles. The van der Waals surface area contributed by atoms with Crippen LogP contribution in [0.2, 0.25) is 0 Å². The maximum atomic E-state index is 5.39. The van der Waals surface area contributed by atoms with Crippen molar-refractivity contribution in [3.8, 4) is 22.8 Å². The van der Waals surface area contributed by atoms with Crippen molar-refractivity contribution in [3.05, 3.63) is 90.5 Å². The predicted octanol–water partition coefficient (Wildman–Crippen LogP) is 5.80. The van der Waals surface area contributed by atoms with Crippen LogP contribution >= 0.6 is 11.8 Å². The Kier molecular flexibility index (Phi) is 5.44. The molecule has 0 radical (unpaired) electrons. The van der Waals surface area contributed by atoms with Crippen molar-refractivity contribution in [2.24, 2.45) is 0 Å². The molecule has 0 saturated carbocycles. The number of hydrogen-bond acceptors (Lipinski definition) is 4. The maximum absolute atomic E-state index is 5.39. The van der Waals surface area contributed by atoms with Gasteiger partial charge < -0.3 is 4.74 Å². The van der Waals surface area contributed by atoms with E-state index in [0.717, 1.165) is 28.0 Å². The third-order valence-corrected chi connectivity index (χ3v) is 5.63. The summed E-state index contributed by atoms with van der Waals surface area (Å²) in [7, 11) is 1.67. The van der Waals surface area contributed by atoms with Crippen LogP contribution in [-0.2, 0) is 0 Å². The van der Waals surface area contributed by atoms with Crippen LogP contribution in [0.1, 0.15) is 17.7 Å². The summed E-state index contributed by atoms with van der Waals surface area (Å²) in [6.45, 7) is 2.19. The van der Waals surface area contributed by atoms with Crippen molar-refractivity contribution in [2.75, 3.05) is 7.11 Å². The second-order valence-corrected chi connectivity index (χ2v) is 7.69. The molecule has 0 spiro atoms. The fourth-order valence-electron chi connectivity index (χ4n) is 3.06. The van der Waals surface area contributed by atoms with E-state index in [4.69, 9.17) is 4.74 Å². The van der Waals surface area contributed by atoms with Crippen LogP contribution < -0.4 is 4.74 Å². The van der Waals surface area contributed by atoms with Crippen molar-refractivity contribution in [3.63, 3.8) is 0 Å². The molecule has 28 heavy (non-hydrogen) atoms. The highest BCUT2D eigenvalue weighted by molar-refractivity contribution is 7.99. The van der Waals surface area contributed by atoms with Gasteiger partial charge in [0, 0.05) is 16.5 Å². The summed E-state index contributed by atoms with van der Waals surface area (Å²) < 4.78 is 7.50. The first-order valence-electron chi connectivity index (χ1n) is 9.13. The Morgan fingerprint density at radius 3 is 2.29 bits per heavy atom. The second kappa shape index (κ2) is 8.31. The lowest BCUT2D eigenvalue weighted by atomic mass is 10.2. The summed E-state index contributed by atoms with van der Waals surface area (Å²) in [6, 6.07) is 28.6. The molecule has 4 nitrogen and oxygen atoms in total. The fourth-order valence-corrected chi connectivity index (χ4v) is 4.05. The third-order valence-electron chi connectivity index (χ3n) is 4.53. The number of thioether (sulfide) groups is 1. The van der Waals surface area contributed by atoms with Crippen molar-refractivity contribution in [1.82, 2.24) is 14.8 Å². The minimum Gasteiger partial charge on any atom is -0.497 e. The van der Waals surface area contributed by atoms with Gasteiger partial charge in [0.1, 0.15) is 5.75 Å². The Bertz CT molecular complexity index is 1050. The van der Waals surface area contributed by atoms with Crippen LogP contribution in [0.15, 0.2) is 90.1 Å². The van der Waals surface area contributed by atoms with Crippen LogP contribution in [-0.4, -0.2) is 21.9 Å². The lowest BCUT2D eigenvalue weighted by Gasteiger charge is -2.14. The minimum absolute atomic E-state index is 0.256. The van der Waals surface area contributed by atoms with E-state index in [9.17, 15) is 0 Å². The summed E-state index contributed by atoms with van der Waals surface area (Å²) in [5.74, 6) is 1.60. The average Bonchev–Trinajstić information content (AvgIpc) is 3.18. The molecule has 0 fully saturated rings. The molecule has 0 N–H and O–H groups in total. The van der Waals surface area contributed by atoms with Crippen molar-refractivity contribution in [1.29, 1.82) is 0 Å². The van der Waals surface area contributed by atoms with Crippen LogP contribution in [0.4, 0.5) is 0 Å². The zero-order chi connectivity index (χ0) is 19.3. The SMILES string of the molecule is COc1cccc(-c2nnc(SC(C)c3ccccc3)n2-c2ccccc2)c1. The van der Waals surface area contributed by atoms with Gasteiger partial charge in [0.2, 0.25) is 0 Å². The molecule has 3 aromatic carbocycles. The first kappa shape index (κ1) is 18.3. The highest BCUT2D eigenvalue weighted by Crippen LogP contribution is 2.37.